The molecule has 1 aromatic rings. The van der Waals surface area contributed by atoms with Crippen LogP contribution in [0.1, 0.15) is 12.0 Å². The molecule has 1 heterocycles. The van der Waals surface area contributed by atoms with Crippen LogP contribution < -0.4 is 5.32 Å². The Morgan fingerprint density at radius 2 is 2.33 bits per heavy atom. The van der Waals surface area contributed by atoms with E-state index in [9.17, 15) is 0 Å². The predicted molar refractivity (Wildman–Crippen MR) is 64.8 cm³/mol. The average molecular weight is 248 g/mol. The van der Waals surface area contributed by atoms with Gasteiger partial charge in [0.2, 0.25) is 0 Å². The number of hydrogen-bond donors (Lipinski definition) is 1. The van der Waals surface area contributed by atoms with E-state index in [0.29, 0.717) is 12.7 Å². The van der Waals surface area contributed by atoms with Gasteiger partial charge in [-0.2, -0.15) is 0 Å². The maximum absolute atomic E-state index is 5.87. The van der Waals surface area contributed by atoms with Crippen molar-refractivity contribution in [1.82, 2.24) is 5.32 Å². The molecule has 0 spiro atoms. The van der Waals surface area contributed by atoms with Gasteiger partial charge in [0, 0.05) is 11.6 Å². The minimum atomic E-state index is 0. The van der Waals surface area contributed by atoms with E-state index in [0.717, 1.165) is 30.1 Å². The van der Waals surface area contributed by atoms with Crippen molar-refractivity contribution < 1.29 is 4.74 Å². The Kier molecular flexibility index (Phi) is 5.40. The largest absolute Gasteiger partial charge is 0.372 e. The van der Waals surface area contributed by atoms with Gasteiger partial charge in [0.25, 0.3) is 0 Å². The van der Waals surface area contributed by atoms with E-state index < -0.39 is 0 Å². The van der Waals surface area contributed by atoms with Crippen molar-refractivity contribution in [2.24, 2.45) is 0 Å². The first-order valence-corrected chi connectivity index (χ1v) is 5.29. The predicted octanol–water partition coefficient (Wildman–Crippen LogP) is 2.64. The lowest BCUT2D eigenvalue weighted by Crippen LogP contribution is -2.16. The number of ether oxygens (including phenoxy) is 1. The Labute approximate surface area is 101 Å². The molecule has 0 aromatic heterocycles. The number of nitrogens with one attached hydrogen (secondary N) is 1. The van der Waals surface area contributed by atoms with Crippen LogP contribution in [0.3, 0.4) is 0 Å². The second kappa shape index (κ2) is 6.33. The lowest BCUT2D eigenvalue weighted by Gasteiger charge is -2.10. The molecule has 0 unspecified atom stereocenters. The Morgan fingerprint density at radius 1 is 1.47 bits per heavy atom. The summed E-state index contributed by atoms with van der Waals surface area (Å²) in [5.74, 6) is 0. The zero-order valence-corrected chi connectivity index (χ0v) is 9.98. The highest BCUT2D eigenvalue weighted by molar-refractivity contribution is 6.30. The Morgan fingerprint density at radius 3 is 3.00 bits per heavy atom. The molecule has 4 heteroatoms. The molecule has 1 N–H and O–H groups in total. The van der Waals surface area contributed by atoms with E-state index in [-0.39, 0.29) is 12.4 Å². The maximum Gasteiger partial charge on any atom is 0.0721 e. The smallest absolute Gasteiger partial charge is 0.0721 e. The van der Waals surface area contributed by atoms with Crippen molar-refractivity contribution in [1.29, 1.82) is 0 Å². The molecule has 1 saturated heterocycles. The van der Waals surface area contributed by atoms with Crippen molar-refractivity contribution in [3.8, 4) is 0 Å². The van der Waals surface area contributed by atoms with Crippen LogP contribution in [0.15, 0.2) is 24.3 Å². The van der Waals surface area contributed by atoms with Gasteiger partial charge in [-0.15, -0.1) is 12.4 Å². The third-order valence-corrected chi connectivity index (χ3v) is 2.62. The van der Waals surface area contributed by atoms with Crippen LogP contribution in [0.2, 0.25) is 5.02 Å². The quantitative estimate of drug-likeness (QED) is 0.887. The van der Waals surface area contributed by atoms with Crippen LogP contribution in [-0.4, -0.2) is 19.2 Å². The first-order valence-electron chi connectivity index (χ1n) is 4.91. The molecule has 1 aliphatic rings. The molecule has 1 atom stereocenters. The fourth-order valence-corrected chi connectivity index (χ4v) is 1.82. The van der Waals surface area contributed by atoms with Gasteiger partial charge in [-0.25, -0.2) is 0 Å². The molecule has 0 amide bonds. The van der Waals surface area contributed by atoms with Gasteiger partial charge in [0.15, 0.2) is 0 Å². The van der Waals surface area contributed by atoms with Gasteiger partial charge in [-0.05, 0) is 30.7 Å². The molecular formula is C11H15Cl2NO. The van der Waals surface area contributed by atoms with E-state index in [1.807, 2.05) is 24.3 Å². The molecule has 1 aliphatic heterocycles. The minimum Gasteiger partial charge on any atom is -0.372 e. The molecule has 0 bridgehead atoms. The summed E-state index contributed by atoms with van der Waals surface area (Å²) in [7, 11) is 0. The van der Waals surface area contributed by atoms with Gasteiger partial charge >= 0.3 is 0 Å². The maximum atomic E-state index is 5.87. The molecule has 0 aliphatic carbocycles. The van der Waals surface area contributed by atoms with Crippen LogP contribution in [0.25, 0.3) is 0 Å². The van der Waals surface area contributed by atoms with E-state index in [4.69, 9.17) is 16.3 Å². The third-order valence-electron chi connectivity index (χ3n) is 2.39. The van der Waals surface area contributed by atoms with Crippen molar-refractivity contribution in [2.45, 2.75) is 19.1 Å². The highest BCUT2D eigenvalue weighted by Gasteiger charge is 2.14. The molecule has 15 heavy (non-hydrogen) atoms. The number of rotatable bonds is 3. The summed E-state index contributed by atoms with van der Waals surface area (Å²) in [4.78, 5) is 0. The zero-order valence-electron chi connectivity index (χ0n) is 8.41. The number of benzene rings is 1. The summed E-state index contributed by atoms with van der Waals surface area (Å²) in [5.41, 5.74) is 1.14. The summed E-state index contributed by atoms with van der Waals surface area (Å²) in [6.45, 7) is 2.70. The SMILES string of the molecule is Cl.Clc1cccc(CO[C@@H]2CCNC2)c1. The van der Waals surface area contributed by atoms with Gasteiger partial charge < -0.3 is 10.1 Å². The standard InChI is InChI=1S/C11H14ClNO.ClH/c12-10-3-1-2-9(6-10)8-14-11-4-5-13-7-11;/h1-3,6,11,13H,4-5,7-8H2;1H/t11-;/m1./s1. The molecule has 2 rings (SSSR count). The molecule has 0 radical (unpaired) electrons. The fourth-order valence-electron chi connectivity index (χ4n) is 1.61. The molecule has 1 fully saturated rings. The zero-order chi connectivity index (χ0) is 9.80. The van der Waals surface area contributed by atoms with E-state index in [1.54, 1.807) is 0 Å². The highest BCUT2D eigenvalue weighted by atomic mass is 35.5. The summed E-state index contributed by atoms with van der Waals surface area (Å²) < 4.78 is 5.72. The molecule has 84 valence electrons. The first kappa shape index (κ1) is 12.8. The molecule has 0 saturated carbocycles. The van der Waals surface area contributed by atoms with E-state index >= 15 is 0 Å². The van der Waals surface area contributed by atoms with Crippen LogP contribution in [-0.2, 0) is 11.3 Å². The monoisotopic (exact) mass is 247 g/mol. The van der Waals surface area contributed by atoms with Gasteiger partial charge in [0.1, 0.15) is 0 Å². The van der Waals surface area contributed by atoms with Gasteiger partial charge in [-0.3, -0.25) is 0 Å². The van der Waals surface area contributed by atoms with Crippen LogP contribution in [0.4, 0.5) is 0 Å². The Balaban J connectivity index is 0.00000112. The second-order valence-electron chi connectivity index (χ2n) is 3.56. The molecule has 2 nitrogen and oxygen atoms in total. The number of halogens is 2. The van der Waals surface area contributed by atoms with Crippen LogP contribution in [0.5, 0.6) is 0 Å². The van der Waals surface area contributed by atoms with E-state index in [2.05, 4.69) is 5.32 Å². The topological polar surface area (TPSA) is 21.3 Å². The number of hydrogen-bond acceptors (Lipinski definition) is 2. The summed E-state index contributed by atoms with van der Waals surface area (Å²) in [6.07, 6.45) is 1.48. The molecular weight excluding hydrogens is 233 g/mol. The van der Waals surface area contributed by atoms with Crippen LogP contribution in [0, 0.1) is 0 Å². The fraction of sp³-hybridized carbons (Fsp3) is 0.455. The van der Waals surface area contributed by atoms with Crippen molar-refractivity contribution >= 4 is 24.0 Å². The highest BCUT2D eigenvalue weighted by Crippen LogP contribution is 2.13. The summed E-state index contributed by atoms with van der Waals surface area (Å²) in [5, 5.41) is 4.04. The lowest BCUT2D eigenvalue weighted by molar-refractivity contribution is 0.0542. The van der Waals surface area contributed by atoms with Gasteiger partial charge in [-0.1, -0.05) is 23.7 Å². The van der Waals surface area contributed by atoms with E-state index in [1.165, 1.54) is 0 Å². The average Bonchev–Trinajstić information content (AvgIpc) is 2.67. The minimum absolute atomic E-state index is 0. The first-order chi connectivity index (χ1) is 6.84. The van der Waals surface area contributed by atoms with Crippen molar-refractivity contribution in [3.63, 3.8) is 0 Å². The Hall–Kier alpha value is -0.280. The summed E-state index contributed by atoms with van der Waals surface area (Å²) >= 11 is 5.87. The summed E-state index contributed by atoms with van der Waals surface area (Å²) in [6, 6.07) is 7.81. The van der Waals surface area contributed by atoms with Crippen molar-refractivity contribution in [2.75, 3.05) is 13.1 Å². The Bertz CT molecular complexity index is 300. The van der Waals surface area contributed by atoms with Crippen LogP contribution >= 0.6 is 24.0 Å². The van der Waals surface area contributed by atoms with Crippen molar-refractivity contribution in [3.05, 3.63) is 34.9 Å². The third kappa shape index (κ3) is 3.99. The van der Waals surface area contributed by atoms with Gasteiger partial charge in [0.05, 0.1) is 12.7 Å². The normalized spacial score (nSPS) is 19.9. The lowest BCUT2D eigenvalue weighted by atomic mass is 10.2. The second-order valence-corrected chi connectivity index (χ2v) is 3.99. The molecule has 1 aromatic carbocycles.